The van der Waals surface area contributed by atoms with Crippen molar-refractivity contribution in [2.24, 2.45) is 0 Å². The van der Waals surface area contributed by atoms with Gasteiger partial charge in [-0.25, -0.2) is 8.78 Å². The minimum absolute atomic E-state index is 0.124. The van der Waals surface area contributed by atoms with Gasteiger partial charge >= 0.3 is 0 Å². The number of benzene rings is 1. The predicted octanol–water partition coefficient (Wildman–Crippen LogP) is 3.49. The minimum Gasteiger partial charge on any atom is -0.425 e. The van der Waals surface area contributed by atoms with Crippen LogP contribution in [0.1, 0.15) is 60.7 Å². The highest BCUT2D eigenvalue weighted by molar-refractivity contribution is 5.94. The number of aromatic nitrogens is 2. The summed E-state index contributed by atoms with van der Waals surface area (Å²) < 4.78 is 31.9. The van der Waals surface area contributed by atoms with Crippen LogP contribution in [0.25, 0.3) is 0 Å². The lowest BCUT2D eigenvalue weighted by molar-refractivity contribution is 0.0705. The number of amides is 1. The molecule has 0 aliphatic carbocycles. The van der Waals surface area contributed by atoms with E-state index >= 15 is 0 Å². The van der Waals surface area contributed by atoms with E-state index in [2.05, 4.69) is 10.2 Å². The second-order valence-electron chi connectivity index (χ2n) is 6.33. The van der Waals surface area contributed by atoms with Gasteiger partial charge in [0.05, 0.1) is 0 Å². The Morgan fingerprint density at radius 2 is 1.92 bits per heavy atom. The van der Waals surface area contributed by atoms with Crippen LogP contribution in [-0.4, -0.2) is 34.1 Å². The number of likely N-dealkylation sites (tertiary alicyclic amines) is 1. The Balaban J connectivity index is 1.63. The molecule has 1 amide bonds. The number of carbonyl (C=O) groups is 1. The smallest absolute Gasteiger partial charge is 0.253 e. The SMILES string of the molecule is CC(C)c1nnc(C2CCN(C(=O)c3ccc(F)c(F)c3)CC2)o1. The van der Waals surface area contributed by atoms with Gasteiger partial charge < -0.3 is 9.32 Å². The summed E-state index contributed by atoms with van der Waals surface area (Å²) in [7, 11) is 0. The van der Waals surface area contributed by atoms with Crippen LogP contribution in [0.5, 0.6) is 0 Å². The van der Waals surface area contributed by atoms with E-state index < -0.39 is 11.6 Å². The number of nitrogens with zero attached hydrogens (tertiary/aromatic N) is 3. The van der Waals surface area contributed by atoms with Crippen molar-refractivity contribution in [2.75, 3.05) is 13.1 Å². The van der Waals surface area contributed by atoms with E-state index in [1.165, 1.54) is 6.07 Å². The number of hydrogen-bond donors (Lipinski definition) is 0. The van der Waals surface area contributed by atoms with E-state index in [1.807, 2.05) is 13.8 Å². The van der Waals surface area contributed by atoms with Crippen LogP contribution in [0.4, 0.5) is 8.78 Å². The van der Waals surface area contributed by atoms with Gasteiger partial charge in [-0.3, -0.25) is 4.79 Å². The molecule has 0 N–H and O–H groups in total. The monoisotopic (exact) mass is 335 g/mol. The summed E-state index contributed by atoms with van der Waals surface area (Å²) in [5, 5.41) is 8.14. The molecule has 5 nitrogen and oxygen atoms in total. The van der Waals surface area contributed by atoms with Crippen LogP contribution in [0.15, 0.2) is 22.6 Å². The van der Waals surface area contributed by atoms with Crippen molar-refractivity contribution in [1.82, 2.24) is 15.1 Å². The number of hydrogen-bond acceptors (Lipinski definition) is 4. The van der Waals surface area contributed by atoms with Crippen molar-refractivity contribution in [3.8, 4) is 0 Å². The Morgan fingerprint density at radius 3 is 2.50 bits per heavy atom. The van der Waals surface area contributed by atoms with E-state index in [1.54, 1.807) is 4.90 Å². The molecule has 1 aromatic carbocycles. The maximum Gasteiger partial charge on any atom is 0.253 e. The van der Waals surface area contributed by atoms with Gasteiger partial charge in [0.1, 0.15) is 0 Å². The lowest BCUT2D eigenvalue weighted by Crippen LogP contribution is -2.38. The van der Waals surface area contributed by atoms with Crippen LogP contribution in [0, 0.1) is 11.6 Å². The second kappa shape index (κ2) is 6.67. The molecular formula is C17H19F2N3O2. The number of piperidine rings is 1. The maximum absolute atomic E-state index is 13.3. The fourth-order valence-corrected chi connectivity index (χ4v) is 2.79. The summed E-state index contributed by atoms with van der Waals surface area (Å²) in [4.78, 5) is 14.0. The third-order valence-corrected chi connectivity index (χ3v) is 4.25. The first-order valence-corrected chi connectivity index (χ1v) is 8.03. The quantitative estimate of drug-likeness (QED) is 0.861. The van der Waals surface area contributed by atoms with Gasteiger partial charge in [0, 0.05) is 30.5 Å². The number of rotatable bonds is 3. The molecule has 1 saturated heterocycles. The zero-order valence-electron chi connectivity index (χ0n) is 13.6. The van der Waals surface area contributed by atoms with Crippen molar-refractivity contribution in [2.45, 2.75) is 38.5 Å². The third-order valence-electron chi connectivity index (χ3n) is 4.25. The average Bonchev–Trinajstić information content (AvgIpc) is 3.07. The summed E-state index contributed by atoms with van der Waals surface area (Å²) in [5.74, 6) is -0.726. The molecule has 3 rings (SSSR count). The summed E-state index contributed by atoms with van der Waals surface area (Å²) in [6.45, 7) is 5.00. The summed E-state index contributed by atoms with van der Waals surface area (Å²) in [5.41, 5.74) is 0.159. The summed E-state index contributed by atoms with van der Waals surface area (Å²) >= 11 is 0. The third kappa shape index (κ3) is 3.29. The molecular weight excluding hydrogens is 316 g/mol. The van der Waals surface area contributed by atoms with Gasteiger partial charge in [-0.2, -0.15) is 0 Å². The summed E-state index contributed by atoms with van der Waals surface area (Å²) in [6.07, 6.45) is 1.41. The van der Waals surface area contributed by atoms with Crippen molar-refractivity contribution < 1.29 is 18.0 Å². The highest BCUT2D eigenvalue weighted by Crippen LogP contribution is 2.29. The second-order valence-corrected chi connectivity index (χ2v) is 6.33. The van der Waals surface area contributed by atoms with Crippen molar-refractivity contribution in [1.29, 1.82) is 0 Å². The van der Waals surface area contributed by atoms with Crippen LogP contribution in [0.2, 0.25) is 0 Å². The molecule has 1 fully saturated rings. The lowest BCUT2D eigenvalue weighted by atomic mass is 9.96. The van der Waals surface area contributed by atoms with E-state index in [0.717, 1.165) is 12.1 Å². The zero-order valence-corrected chi connectivity index (χ0v) is 13.6. The fraction of sp³-hybridized carbons (Fsp3) is 0.471. The molecule has 2 aromatic rings. The highest BCUT2D eigenvalue weighted by atomic mass is 19.2. The topological polar surface area (TPSA) is 59.2 Å². The molecule has 0 unspecified atom stereocenters. The molecule has 7 heteroatoms. The molecule has 128 valence electrons. The first-order valence-electron chi connectivity index (χ1n) is 8.03. The zero-order chi connectivity index (χ0) is 17.3. The molecule has 0 spiro atoms. The van der Waals surface area contributed by atoms with Crippen LogP contribution in [-0.2, 0) is 0 Å². The average molecular weight is 335 g/mol. The van der Waals surface area contributed by atoms with E-state index in [-0.39, 0.29) is 23.3 Å². The molecule has 0 radical (unpaired) electrons. The van der Waals surface area contributed by atoms with Gasteiger partial charge in [-0.1, -0.05) is 13.8 Å². The van der Waals surface area contributed by atoms with Crippen molar-refractivity contribution >= 4 is 5.91 Å². The Morgan fingerprint density at radius 1 is 1.21 bits per heavy atom. The standard InChI is InChI=1S/C17H19F2N3O2/c1-10(2)15-20-21-16(24-15)11-5-7-22(8-6-11)17(23)12-3-4-13(18)14(19)9-12/h3-4,9-11H,5-8H2,1-2H3. The molecule has 0 saturated carbocycles. The lowest BCUT2D eigenvalue weighted by Gasteiger charge is -2.30. The van der Waals surface area contributed by atoms with Gasteiger partial charge in [-0.15, -0.1) is 10.2 Å². The first kappa shape index (κ1) is 16.5. The van der Waals surface area contributed by atoms with E-state index in [0.29, 0.717) is 37.7 Å². The molecule has 1 aliphatic rings. The van der Waals surface area contributed by atoms with Gasteiger partial charge in [0.15, 0.2) is 11.6 Å². The molecule has 0 atom stereocenters. The van der Waals surface area contributed by atoms with E-state index in [9.17, 15) is 13.6 Å². The van der Waals surface area contributed by atoms with Crippen LogP contribution < -0.4 is 0 Å². The highest BCUT2D eigenvalue weighted by Gasteiger charge is 2.28. The van der Waals surface area contributed by atoms with Gasteiger partial charge in [0.25, 0.3) is 5.91 Å². The molecule has 1 aromatic heterocycles. The Bertz CT molecular complexity index is 737. The van der Waals surface area contributed by atoms with Gasteiger partial charge in [0.2, 0.25) is 11.8 Å². The maximum atomic E-state index is 13.3. The molecule has 24 heavy (non-hydrogen) atoms. The Hall–Kier alpha value is -2.31. The van der Waals surface area contributed by atoms with Crippen LogP contribution >= 0.6 is 0 Å². The van der Waals surface area contributed by atoms with Crippen LogP contribution in [0.3, 0.4) is 0 Å². The number of halogens is 2. The summed E-state index contributed by atoms with van der Waals surface area (Å²) in [6, 6.07) is 3.22. The Labute approximate surface area is 138 Å². The fourth-order valence-electron chi connectivity index (χ4n) is 2.79. The Kier molecular flexibility index (Phi) is 4.59. The molecule has 1 aliphatic heterocycles. The van der Waals surface area contributed by atoms with Crippen molar-refractivity contribution in [3.63, 3.8) is 0 Å². The van der Waals surface area contributed by atoms with Gasteiger partial charge in [-0.05, 0) is 31.0 Å². The normalized spacial score (nSPS) is 16.0. The minimum atomic E-state index is -1.01. The first-order chi connectivity index (χ1) is 11.5. The predicted molar refractivity (Wildman–Crippen MR) is 82.6 cm³/mol. The van der Waals surface area contributed by atoms with Crippen molar-refractivity contribution in [3.05, 3.63) is 47.2 Å². The molecule has 0 bridgehead atoms. The van der Waals surface area contributed by atoms with E-state index in [4.69, 9.17) is 4.42 Å². The molecule has 2 heterocycles. The number of carbonyl (C=O) groups excluding carboxylic acids is 1. The largest absolute Gasteiger partial charge is 0.425 e.